The van der Waals surface area contributed by atoms with Gasteiger partial charge in [0.05, 0.1) is 24.7 Å². The molecule has 1 aromatic rings. The van der Waals surface area contributed by atoms with Gasteiger partial charge in [0.25, 0.3) is 0 Å². The number of hydrogen-bond donors (Lipinski definition) is 1. The summed E-state index contributed by atoms with van der Waals surface area (Å²) in [5.41, 5.74) is 0. The highest BCUT2D eigenvalue weighted by atomic mass is 16.4. The molecule has 0 amide bonds. The van der Waals surface area contributed by atoms with Crippen LogP contribution in [0, 0.1) is 17.2 Å². The molecule has 1 saturated carbocycles. The van der Waals surface area contributed by atoms with Gasteiger partial charge in [-0.2, -0.15) is 5.26 Å². The molecule has 86 valence electrons. The summed E-state index contributed by atoms with van der Waals surface area (Å²) in [4.78, 5) is 4.19. The molecule has 0 bridgehead atoms. The number of nitrogens with one attached hydrogen (secondary N) is 1. The van der Waals surface area contributed by atoms with Crippen LogP contribution in [0.1, 0.15) is 37.8 Å². The van der Waals surface area contributed by atoms with E-state index in [0.717, 1.165) is 37.3 Å². The minimum Gasteiger partial charge on any atom is -0.444 e. The Kier molecular flexibility index (Phi) is 3.58. The molecule has 1 fully saturated rings. The Labute approximate surface area is 95.7 Å². The van der Waals surface area contributed by atoms with Gasteiger partial charge in [0.1, 0.15) is 5.76 Å². The quantitative estimate of drug-likeness (QED) is 0.841. The van der Waals surface area contributed by atoms with Crippen LogP contribution in [0.25, 0.3) is 0 Å². The molecule has 4 heteroatoms. The third-order valence-electron chi connectivity index (χ3n) is 3.15. The Balaban J connectivity index is 1.85. The average molecular weight is 219 g/mol. The number of nitriles is 1. The molecule has 1 aliphatic rings. The van der Waals surface area contributed by atoms with Gasteiger partial charge in [-0.15, -0.1) is 0 Å². The largest absolute Gasteiger partial charge is 0.444 e. The number of rotatable bonds is 4. The van der Waals surface area contributed by atoms with Crippen molar-refractivity contribution in [1.29, 1.82) is 5.26 Å². The molecule has 0 spiro atoms. The molecule has 0 radical (unpaired) electrons. The van der Waals surface area contributed by atoms with Gasteiger partial charge in [0.15, 0.2) is 0 Å². The van der Waals surface area contributed by atoms with Gasteiger partial charge >= 0.3 is 0 Å². The molecule has 16 heavy (non-hydrogen) atoms. The van der Waals surface area contributed by atoms with Gasteiger partial charge in [-0.25, -0.2) is 4.98 Å². The zero-order valence-corrected chi connectivity index (χ0v) is 9.57. The zero-order chi connectivity index (χ0) is 11.4. The smallest absolute Gasteiger partial charge is 0.208 e. The summed E-state index contributed by atoms with van der Waals surface area (Å²) in [5.74, 6) is 1.79. The van der Waals surface area contributed by atoms with Crippen LogP contribution in [0.5, 0.6) is 0 Å². The number of hydrogen-bond acceptors (Lipinski definition) is 4. The predicted octanol–water partition coefficient (Wildman–Crippen LogP) is 2.02. The van der Waals surface area contributed by atoms with E-state index in [9.17, 15) is 0 Å². The summed E-state index contributed by atoms with van der Waals surface area (Å²) in [5, 5.41) is 12.3. The van der Waals surface area contributed by atoms with Gasteiger partial charge < -0.3 is 9.73 Å². The molecule has 1 heterocycles. The molecule has 1 aromatic heterocycles. The number of aromatic nitrogens is 1. The third kappa shape index (κ3) is 2.42. The van der Waals surface area contributed by atoms with E-state index in [4.69, 9.17) is 9.68 Å². The average Bonchev–Trinajstić information content (AvgIpc) is 2.94. The monoisotopic (exact) mass is 219 g/mol. The summed E-state index contributed by atoms with van der Waals surface area (Å²) in [6.07, 6.45) is 5.88. The van der Waals surface area contributed by atoms with Crippen molar-refractivity contribution >= 4 is 0 Å². The van der Waals surface area contributed by atoms with Crippen LogP contribution in [0.3, 0.4) is 0 Å². The molecule has 4 nitrogen and oxygen atoms in total. The number of aryl methyl sites for hydroxylation is 1. The molecule has 2 unspecified atom stereocenters. The van der Waals surface area contributed by atoms with E-state index in [-0.39, 0.29) is 5.92 Å². The molecule has 2 atom stereocenters. The molecule has 1 N–H and O–H groups in total. The van der Waals surface area contributed by atoms with E-state index in [2.05, 4.69) is 16.4 Å². The molecule has 0 aliphatic heterocycles. The van der Waals surface area contributed by atoms with Crippen molar-refractivity contribution in [3.8, 4) is 6.07 Å². The van der Waals surface area contributed by atoms with E-state index in [1.165, 1.54) is 0 Å². The summed E-state index contributed by atoms with van der Waals surface area (Å²) in [6.45, 7) is 2.67. The minimum absolute atomic E-state index is 0.153. The number of nitrogens with zero attached hydrogens (tertiary/aromatic N) is 2. The molecule has 2 rings (SSSR count). The van der Waals surface area contributed by atoms with Crippen molar-refractivity contribution < 1.29 is 4.42 Å². The molecule has 0 saturated heterocycles. The van der Waals surface area contributed by atoms with Crippen LogP contribution in [0.15, 0.2) is 10.6 Å². The van der Waals surface area contributed by atoms with Gasteiger partial charge in [-0.1, -0.05) is 13.3 Å². The van der Waals surface area contributed by atoms with Crippen molar-refractivity contribution in [3.05, 3.63) is 17.8 Å². The van der Waals surface area contributed by atoms with E-state index >= 15 is 0 Å². The van der Waals surface area contributed by atoms with Gasteiger partial charge in [-0.3, -0.25) is 0 Å². The highest BCUT2D eigenvalue weighted by Crippen LogP contribution is 2.25. The standard InChI is InChI=1S/C12H17N3O/c1-2-10-7-15-12(16-10)8-14-11-5-3-4-9(11)6-13/h7,9,11,14H,2-5,8H2,1H3. The second-order valence-electron chi connectivity index (χ2n) is 4.23. The van der Waals surface area contributed by atoms with Crippen LogP contribution in [0.4, 0.5) is 0 Å². The maximum Gasteiger partial charge on any atom is 0.208 e. The lowest BCUT2D eigenvalue weighted by atomic mass is 10.1. The topological polar surface area (TPSA) is 61.9 Å². The van der Waals surface area contributed by atoms with Crippen LogP contribution in [0.2, 0.25) is 0 Å². The van der Waals surface area contributed by atoms with Crippen molar-refractivity contribution in [3.63, 3.8) is 0 Å². The van der Waals surface area contributed by atoms with Crippen LogP contribution >= 0.6 is 0 Å². The van der Waals surface area contributed by atoms with Crippen LogP contribution in [-0.2, 0) is 13.0 Å². The van der Waals surface area contributed by atoms with Gasteiger partial charge in [0, 0.05) is 12.5 Å². The van der Waals surface area contributed by atoms with Crippen LogP contribution < -0.4 is 5.32 Å². The van der Waals surface area contributed by atoms with Crippen LogP contribution in [-0.4, -0.2) is 11.0 Å². The zero-order valence-electron chi connectivity index (χ0n) is 9.57. The maximum absolute atomic E-state index is 8.95. The summed E-state index contributed by atoms with van der Waals surface area (Å²) in [7, 11) is 0. The maximum atomic E-state index is 8.95. The Morgan fingerprint density at radius 1 is 1.62 bits per heavy atom. The minimum atomic E-state index is 0.153. The lowest BCUT2D eigenvalue weighted by Gasteiger charge is -2.13. The summed E-state index contributed by atoms with van der Waals surface area (Å²) >= 11 is 0. The first-order valence-electron chi connectivity index (χ1n) is 5.90. The van der Waals surface area contributed by atoms with E-state index in [1.807, 2.05) is 6.92 Å². The van der Waals surface area contributed by atoms with E-state index in [0.29, 0.717) is 12.6 Å². The second kappa shape index (κ2) is 5.13. The Morgan fingerprint density at radius 2 is 2.50 bits per heavy atom. The van der Waals surface area contributed by atoms with Gasteiger partial charge in [-0.05, 0) is 12.8 Å². The first-order valence-corrected chi connectivity index (χ1v) is 5.90. The fourth-order valence-electron chi connectivity index (χ4n) is 2.17. The van der Waals surface area contributed by atoms with Crippen molar-refractivity contribution in [2.45, 2.75) is 45.2 Å². The second-order valence-corrected chi connectivity index (χ2v) is 4.23. The van der Waals surface area contributed by atoms with Crippen molar-refractivity contribution in [2.75, 3.05) is 0 Å². The fourth-order valence-corrected chi connectivity index (χ4v) is 2.17. The summed E-state index contributed by atoms with van der Waals surface area (Å²) in [6, 6.07) is 2.66. The lowest BCUT2D eigenvalue weighted by molar-refractivity contribution is 0.397. The first-order chi connectivity index (χ1) is 7.83. The lowest BCUT2D eigenvalue weighted by Crippen LogP contribution is -2.31. The Morgan fingerprint density at radius 3 is 3.19 bits per heavy atom. The summed E-state index contributed by atoms with van der Waals surface area (Å²) < 4.78 is 5.50. The highest BCUT2D eigenvalue weighted by Gasteiger charge is 2.26. The molecule has 1 aliphatic carbocycles. The number of oxazole rings is 1. The van der Waals surface area contributed by atoms with E-state index < -0.39 is 0 Å². The molecular formula is C12H17N3O. The SMILES string of the molecule is CCc1cnc(CNC2CCCC2C#N)o1. The van der Waals surface area contributed by atoms with Crippen molar-refractivity contribution in [2.24, 2.45) is 5.92 Å². The normalized spacial score (nSPS) is 24.5. The Bertz CT molecular complexity index is 380. The van der Waals surface area contributed by atoms with E-state index in [1.54, 1.807) is 6.20 Å². The molecule has 0 aromatic carbocycles. The Hall–Kier alpha value is -1.34. The predicted molar refractivity (Wildman–Crippen MR) is 59.5 cm³/mol. The third-order valence-corrected chi connectivity index (χ3v) is 3.15. The highest BCUT2D eigenvalue weighted by molar-refractivity contribution is 4.98. The van der Waals surface area contributed by atoms with Crippen molar-refractivity contribution in [1.82, 2.24) is 10.3 Å². The first kappa shape index (κ1) is 11.2. The van der Waals surface area contributed by atoms with Gasteiger partial charge in [0.2, 0.25) is 5.89 Å². The fraction of sp³-hybridized carbons (Fsp3) is 0.667. The molecular weight excluding hydrogens is 202 g/mol.